The largest absolute Gasteiger partial charge is 0.387 e. The summed E-state index contributed by atoms with van der Waals surface area (Å²) in [6.07, 6.45) is 3.87. The molecule has 1 amide bonds. The SMILES string of the molecule is COCCC1(C(=O)NCC(O)c2ccccc2Cl)CCCC1. The molecule has 0 heterocycles. The van der Waals surface area contributed by atoms with E-state index in [-0.39, 0.29) is 17.9 Å². The summed E-state index contributed by atoms with van der Waals surface area (Å²) >= 11 is 6.07. The molecule has 1 atom stereocenters. The van der Waals surface area contributed by atoms with E-state index in [1.165, 1.54) is 0 Å². The van der Waals surface area contributed by atoms with Crippen LogP contribution >= 0.6 is 11.6 Å². The Labute approximate surface area is 136 Å². The molecular weight excluding hydrogens is 302 g/mol. The molecule has 0 bridgehead atoms. The first-order valence-corrected chi connectivity index (χ1v) is 8.16. The summed E-state index contributed by atoms with van der Waals surface area (Å²) in [5.41, 5.74) is 0.303. The van der Waals surface area contributed by atoms with Gasteiger partial charge in [-0.05, 0) is 25.3 Å². The highest BCUT2D eigenvalue weighted by Crippen LogP contribution is 2.41. The lowest BCUT2D eigenvalue weighted by Crippen LogP contribution is -2.41. The molecule has 0 spiro atoms. The number of halogens is 1. The minimum absolute atomic E-state index is 0.0214. The van der Waals surface area contributed by atoms with Gasteiger partial charge in [-0.25, -0.2) is 0 Å². The fraction of sp³-hybridized carbons (Fsp3) is 0.588. The lowest BCUT2D eigenvalue weighted by Gasteiger charge is -2.28. The van der Waals surface area contributed by atoms with Gasteiger partial charge >= 0.3 is 0 Å². The lowest BCUT2D eigenvalue weighted by atomic mass is 9.82. The highest BCUT2D eigenvalue weighted by atomic mass is 35.5. The quantitative estimate of drug-likeness (QED) is 0.810. The minimum Gasteiger partial charge on any atom is -0.387 e. The van der Waals surface area contributed by atoms with Crippen molar-refractivity contribution in [3.05, 3.63) is 34.9 Å². The zero-order valence-electron chi connectivity index (χ0n) is 13.0. The van der Waals surface area contributed by atoms with Crippen LogP contribution in [0.25, 0.3) is 0 Å². The Morgan fingerprint density at radius 2 is 2.09 bits per heavy atom. The molecule has 1 unspecified atom stereocenters. The second kappa shape index (κ2) is 7.95. The first-order valence-electron chi connectivity index (χ1n) is 7.79. The number of hydrogen-bond donors (Lipinski definition) is 2. The van der Waals surface area contributed by atoms with Crippen LogP contribution < -0.4 is 5.32 Å². The maximum absolute atomic E-state index is 12.6. The molecule has 2 N–H and O–H groups in total. The van der Waals surface area contributed by atoms with E-state index in [9.17, 15) is 9.90 Å². The molecule has 1 aliphatic rings. The Balaban J connectivity index is 1.95. The molecule has 1 aliphatic carbocycles. The second-order valence-electron chi connectivity index (χ2n) is 5.98. The van der Waals surface area contributed by atoms with E-state index in [4.69, 9.17) is 16.3 Å². The predicted molar refractivity (Wildman–Crippen MR) is 86.8 cm³/mol. The van der Waals surface area contributed by atoms with Crippen LogP contribution in [0.5, 0.6) is 0 Å². The molecule has 0 aliphatic heterocycles. The third-order valence-corrected chi connectivity index (χ3v) is 4.89. The van der Waals surface area contributed by atoms with Gasteiger partial charge in [-0.15, -0.1) is 0 Å². The third kappa shape index (κ3) is 4.00. The molecule has 0 radical (unpaired) electrons. The van der Waals surface area contributed by atoms with E-state index in [1.807, 2.05) is 12.1 Å². The summed E-state index contributed by atoms with van der Waals surface area (Å²) in [7, 11) is 1.65. The van der Waals surface area contributed by atoms with Gasteiger partial charge in [-0.2, -0.15) is 0 Å². The summed E-state index contributed by atoms with van der Waals surface area (Å²) < 4.78 is 5.14. The normalized spacial score (nSPS) is 18.1. The highest BCUT2D eigenvalue weighted by molar-refractivity contribution is 6.31. The molecule has 1 saturated carbocycles. The summed E-state index contributed by atoms with van der Waals surface area (Å²) in [5, 5.41) is 13.6. The van der Waals surface area contributed by atoms with Crippen molar-refractivity contribution >= 4 is 17.5 Å². The molecule has 5 heteroatoms. The van der Waals surface area contributed by atoms with Crippen LogP contribution in [0.4, 0.5) is 0 Å². The Kier molecular flexibility index (Phi) is 6.24. The van der Waals surface area contributed by atoms with Crippen molar-refractivity contribution in [1.29, 1.82) is 0 Å². The smallest absolute Gasteiger partial charge is 0.226 e. The van der Waals surface area contributed by atoms with Crippen molar-refractivity contribution in [3.63, 3.8) is 0 Å². The Hall–Kier alpha value is -1.10. The molecule has 1 aromatic rings. The number of hydrogen-bond acceptors (Lipinski definition) is 3. The number of aliphatic hydroxyl groups is 1. The van der Waals surface area contributed by atoms with Gasteiger partial charge in [0.05, 0.1) is 11.5 Å². The predicted octanol–water partition coefficient (Wildman–Crippen LogP) is 3.09. The zero-order chi connectivity index (χ0) is 16.0. The average molecular weight is 326 g/mol. The van der Waals surface area contributed by atoms with Crippen molar-refractivity contribution in [2.45, 2.75) is 38.2 Å². The fourth-order valence-electron chi connectivity index (χ4n) is 3.17. The molecule has 0 aromatic heterocycles. The van der Waals surface area contributed by atoms with Crippen LogP contribution in [0.2, 0.25) is 5.02 Å². The minimum atomic E-state index is -0.793. The number of carbonyl (C=O) groups excluding carboxylic acids is 1. The number of benzene rings is 1. The summed E-state index contributed by atoms with van der Waals surface area (Å²) in [5.74, 6) is 0.0214. The number of ether oxygens (including phenoxy) is 1. The van der Waals surface area contributed by atoms with E-state index in [0.29, 0.717) is 17.2 Å². The Bertz CT molecular complexity index is 500. The lowest BCUT2D eigenvalue weighted by molar-refractivity contribution is -0.132. The van der Waals surface area contributed by atoms with Crippen molar-refractivity contribution in [3.8, 4) is 0 Å². The third-order valence-electron chi connectivity index (χ3n) is 4.55. The van der Waals surface area contributed by atoms with E-state index < -0.39 is 6.10 Å². The maximum atomic E-state index is 12.6. The number of methoxy groups -OCH3 is 1. The number of aliphatic hydroxyl groups excluding tert-OH is 1. The van der Waals surface area contributed by atoms with Crippen LogP contribution in [0.15, 0.2) is 24.3 Å². The summed E-state index contributed by atoms with van der Waals surface area (Å²) in [4.78, 5) is 12.6. The van der Waals surface area contributed by atoms with Crippen LogP contribution in [0.1, 0.15) is 43.8 Å². The first kappa shape index (κ1) is 17.3. The topological polar surface area (TPSA) is 58.6 Å². The number of rotatable bonds is 7. The van der Waals surface area contributed by atoms with Crippen LogP contribution in [0.3, 0.4) is 0 Å². The van der Waals surface area contributed by atoms with Crippen molar-refractivity contribution in [2.24, 2.45) is 5.41 Å². The molecule has 0 saturated heterocycles. The van der Waals surface area contributed by atoms with Crippen LogP contribution in [-0.2, 0) is 9.53 Å². The molecule has 122 valence electrons. The molecule has 4 nitrogen and oxygen atoms in total. The molecular formula is C17H24ClNO3. The highest BCUT2D eigenvalue weighted by Gasteiger charge is 2.40. The van der Waals surface area contributed by atoms with Gasteiger partial charge in [-0.3, -0.25) is 4.79 Å². The van der Waals surface area contributed by atoms with Crippen molar-refractivity contribution < 1.29 is 14.6 Å². The summed E-state index contributed by atoms with van der Waals surface area (Å²) in [6.45, 7) is 0.762. The van der Waals surface area contributed by atoms with Crippen LogP contribution in [-0.4, -0.2) is 31.3 Å². The molecule has 2 rings (SSSR count). The van der Waals surface area contributed by atoms with E-state index in [2.05, 4.69) is 5.32 Å². The van der Waals surface area contributed by atoms with E-state index >= 15 is 0 Å². The summed E-state index contributed by atoms with van der Waals surface area (Å²) in [6, 6.07) is 7.15. The monoisotopic (exact) mass is 325 g/mol. The maximum Gasteiger partial charge on any atom is 0.226 e. The van der Waals surface area contributed by atoms with Crippen LogP contribution in [0, 0.1) is 5.41 Å². The van der Waals surface area contributed by atoms with E-state index in [1.54, 1.807) is 19.2 Å². The fourth-order valence-corrected chi connectivity index (χ4v) is 3.43. The zero-order valence-corrected chi connectivity index (χ0v) is 13.7. The molecule has 1 aromatic carbocycles. The van der Waals surface area contributed by atoms with Gasteiger partial charge in [0, 0.05) is 30.8 Å². The number of nitrogens with one attached hydrogen (secondary N) is 1. The van der Waals surface area contributed by atoms with Gasteiger partial charge in [0.25, 0.3) is 0 Å². The van der Waals surface area contributed by atoms with Gasteiger partial charge in [0.15, 0.2) is 0 Å². The molecule has 22 heavy (non-hydrogen) atoms. The molecule has 1 fully saturated rings. The average Bonchev–Trinajstić information content (AvgIpc) is 3.01. The van der Waals surface area contributed by atoms with Gasteiger partial charge in [0.2, 0.25) is 5.91 Å². The Morgan fingerprint density at radius 3 is 2.73 bits per heavy atom. The van der Waals surface area contributed by atoms with E-state index in [0.717, 1.165) is 32.1 Å². The van der Waals surface area contributed by atoms with Gasteiger partial charge in [-0.1, -0.05) is 42.6 Å². The number of amides is 1. The second-order valence-corrected chi connectivity index (χ2v) is 6.38. The first-order chi connectivity index (χ1) is 10.6. The van der Waals surface area contributed by atoms with Crippen molar-refractivity contribution in [2.75, 3.05) is 20.3 Å². The number of carbonyl (C=O) groups is 1. The Morgan fingerprint density at radius 1 is 1.41 bits per heavy atom. The van der Waals surface area contributed by atoms with Crippen molar-refractivity contribution in [1.82, 2.24) is 5.32 Å². The standard InChI is InChI=1S/C17H24ClNO3/c1-22-11-10-17(8-4-5-9-17)16(21)19-12-15(20)13-6-2-3-7-14(13)18/h2-3,6-7,15,20H,4-5,8-12H2,1H3,(H,19,21). The van der Waals surface area contributed by atoms with Gasteiger partial charge < -0.3 is 15.2 Å². The van der Waals surface area contributed by atoms with Gasteiger partial charge in [0.1, 0.15) is 0 Å².